The van der Waals surface area contributed by atoms with Crippen molar-refractivity contribution >= 4 is 24.0 Å². The first-order chi connectivity index (χ1) is 9.94. The molecule has 0 amide bonds. The molecular formula is C16H22O4S. The summed E-state index contributed by atoms with van der Waals surface area (Å²) in [6.45, 7) is 7.06. The van der Waals surface area contributed by atoms with Gasteiger partial charge >= 0.3 is 5.97 Å². The summed E-state index contributed by atoms with van der Waals surface area (Å²) in [5.74, 6) is 0.182. The lowest BCUT2D eigenvalue weighted by Crippen LogP contribution is -2.19. The Morgan fingerprint density at radius 2 is 2.00 bits per heavy atom. The Balaban J connectivity index is 2.61. The second-order valence-corrected chi connectivity index (χ2v) is 6.75. The lowest BCUT2D eigenvalue weighted by molar-refractivity contribution is 0.0696. The molecule has 1 aromatic rings. The second-order valence-electron chi connectivity index (χ2n) is 5.07. The number of carboxylic acid groups (broad SMARTS) is 1. The Morgan fingerprint density at radius 1 is 1.33 bits per heavy atom. The molecule has 0 bridgehead atoms. The number of rotatable bonds is 9. The SMILES string of the molecule is CCC(C)(CC)SCCOc1cc(C=O)cc(C(=O)O)c1. The molecule has 0 fully saturated rings. The van der Waals surface area contributed by atoms with E-state index in [0.29, 0.717) is 24.2 Å². The van der Waals surface area contributed by atoms with Gasteiger partial charge in [0.1, 0.15) is 12.0 Å². The van der Waals surface area contributed by atoms with Crippen molar-refractivity contribution in [2.24, 2.45) is 0 Å². The van der Waals surface area contributed by atoms with Crippen LogP contribution in [0.25, 0.3) is 0 Å². The van der Waals surface area contributed by atoms with E-state index in [1.165, 1.54) is 12.1 Å². The van der Waals surface area contributed by atoms with E-state index < -0.39 is 5.97 Å². The molecule has 4 nitrogen and oxygen atoms in total. The molecule has 0 radical (unpaired) electrons. The Hall–Kier alpha value is -1.49. The molecule has 0 aliphatic heterocycles. The van der Waals surface area contributed by atoms with Crippen LogP contribution >= 0.6 is 11.8 Å². The van der Waals surface area contributed by atoms with Crippen LogP contribution in [-0.4, -0.2) is 34.5 Å². The standard InChI is InChI=1S/C16H22O4S/c1-4-16(3,5-2)21-7-6-20-14-9-12(11-17)8-13(10-14)15(18)19/h8-11H,4-7H2,1-3H3,(H,18,19). The van der Waals surface area contributed by atoms with E-state index in [2.05, 4.69) is 20.8 Å². The number of thioether (sulfide) groups is 1. The molecule has 0 spiro atoms. The number of carboxylic acids is 1. The molecule has 0 atom stereocenters. The maximum atomic E-state index is 11.0. The number of carbonyl (C=O) groups is 2. The fourth-order valence-electron chi connectivity index (χ4n) is 1.80. The van der Waals surface area contributed by atoms with E-state index >= 15 is 0 Å². The molecular weight excluding hydrogens is 288 g/mol. The zero-order valence-corrected chi connectivity index (χ0v) is 13.5. The fourth-order valence-corrected chi connectivity index (χ4v) is 2.87. The zero-order chi connectivity index (χ0) is 15.9. The maximum absolute atomic E-state index is 11.0. The molecule has 0 saturated carbocycles. The molecule has 0 saturated heterocycles. The first-order valence-electron chi connectivity index (χ1n) is 7.04. The quantitative estimate of drug-likeness (QED) is 0.554. The first-order valence-corrected chi connectivity index (χ1v) is 8.03. The summed E-state index contributed by atoms with van der Waals surface area (Å²) in [7, 11) is 0. The van der Waals surface area contributed by atoms with Crippen molar-refractivity contribution in [1.29, 1.82) is 0 Å². The Labute approximate surface area is 129 Å². The molecule has 0 aliphatic carbocycles. The smallest absolute Gasteiger partial charge is 0.335 e. The molecule has 0 aliphatic rings. The van der Waals surface area contributed by atoms with Gasteiger partial charge in [-0.15, -0.1) is 0 Å². The molecule has 21 heavy (non-hydrogen) atoms. The van der Waals surface area contributed by atoms with Crippen molar-refractivity contribution in [3.05, 3.63) is 29.3 Å². The van der Waals surface area contributed by atoms with Crippen LogP contribution in [0.1, 0.15) is 54.3 Å². The Kier molecular flexibility index (Phi) is 6.75. The first kappa shape index (κ1) is 17.6. The normalized spacial score (nSPS) is 11.2. The minimum absolute atomic E-state index is 0.0641. The number of hydrogen-bond donors (Lipinski definition) is 1. The zero-order valence-electron chi connectivity index (χ0n) is 12.7. The molecule has 5 heteroatoms. The van der Waals surface area contributed by atoms with Gasteiger partial charge in [-0.25, -0.2) is 4.79 Å². The molecule has 1 rings (SSSR count). The van der Waals surface area contributed by atoms with E-state index in [-0.39, 0.29) is 10.3 Å². The summed E-state index contributed by atoms with van der Waals surface area (Å²) in [6, 6.07) is 4.34. The summed E-state index contributed by atoms with van der Waals surface area (Å²) < 4.78 is 5.83. The van der Waals surface area contributed by atoms with Crippen molar-refractivity contribution in [3.8, 4) is 5.75 Å². The molecule has 0 unspecified atom stereocenters. The summed E-state index contributed by atoms with van der Waals surface area (Å²) in [5, 5.41) is 9.00. The summed E-state index contributed by atoms with van der Waals surface area (Å²) in [6.07, 6.45) is 2.81. The van der Waals surface area contributed by atoms with Crippen LogP contribution in [-0.2, 0) is 0 Å². The lowest BCUT2D eigenvalue weighted by atomic mass is 10.1. The van der Waals surface area contributed by atoms with Gasteiger partial charge in [0.05, 0.1) is 12.2 Å². The topological polar surface area (TPSA) is 63.6 Å². The number of benzene rings is 1. The third-order valence-electron chi connectivity index (χ3n) is 3.61. The summed E-state index contributed by atoms with van der Waals surface area (Å²) in [5.41, 5.74) is 0.374. The Morgan fingerprint density at radius 3 is 2.52 bits per heavy atom. The van der Waals surface area contributed by atoms with Crippen molar-refractivity contribution in [2.75, 3.05) is 12.4 Å². The van der Waals surface area contributed by atoms with Gasteiger partial charge in [-0.2, -0.15) is 11.8 Å². The highest BCUT2D eigenvalue weighted by Gasteiger charge is 2.19. The van der Waals surface area contributed by atoms with Gasteiger partial charge in [0.2, 0.25) is 0 Å². The van der Waals surface area contributed by atoms with E-state index in [4.69, 9.17) is 9.84 Å². The van der Waals surface area contributed by atoms with Crippen molar-refractivity contribution in [3.63, 3.8) is 0 Å². The van der Waals surface area contributed by atoms with Gasteiger partial charge in [-0.05, 0) is 31.0 Å². The van der Waals surface area contributed by atoms with Gasteiger partial charge in [0, 0.05) is 16.1 Å². The van der Waals surface area contributed by atoms with Gasteiger partial charge in [0.25, 0.3) is 0 Å². The molecule has 0 aromatic heterocycles. The fraction of sp³-hybridized carbons (Fsp3) is 0.500. The molecule has 0 heterocycles. The van der Waals surface area contributed by atoms with Gasteiger partial charge in [-0.3, -0.25) is 4.79 Å². The van der Waals surface area contributed by atoms with Crippen molar-refractivity contribution in [1.82, 2.24) is 0 Å². The van der Waals surface area contributed by atoms with Crippen LogP contribution in [0.5, 0.6) is 5.75 Å². The van der Waals surface area contributed by atoms with Gasteiger partial charge in [0.15, 0.2) is 0 Å². The molecule has 1 N–H and O–H groups in total. The molecule has 116 valence electrons. The highest BCUT2D eigenvalue weighted by atomic mass is 32.2. The highest BCUT2D eigenvalue weighted by Crippen LogP contribution is 2.31. The number of ether oxygens (including phenoxy) is 1. The predicted molar refractivity (Wildman–Crippen MR) is 85.7 cm³/mol. The number of carbonyl (C=O) groups excluding carboxylic acids is 1. The van der Waals surface area contributed by atoms with E-state index in [1.807, 2.05) is 11.8 Å². The maximum Gasteiger partial charge on any atom is 0.335 e. The molecule has 1 aromatic carbocycles. The van der Waals surface area contributed by atoms with Crippen molar-refractivity contribution in [2.45, 2.75) is 38.4 Å². The Bertz CT molecular complexity index is 495. The number of aldehydes is 1. The number of aromatic carboxylic acids is 1. The third kappa shape index (κ3) is 5.42. The van der Waals surface area contributed by atoms with E-state index in [9.17, 15) is 9.59 Å². The second kappa shape index (κ2) is 8.08. The minimum atomic E-state index is -1.07. The largest absolute Gasteiger partial charge is 0.493 e. The average Bonchev–Trinajstić information content (AvgIpc) is 2.50. The predicted octanol–water partition coefficient (Wildman–Crippen LogP) is 3.89. The lowest BCUT2D eigenvalue weighted by Gasteiger charge is -2.25. The highest BCUT2D eigenvalue weighted by molar-refractivity contribution is 8.00. The summed E-state index contributed by atoms with van der Waals surface area (Å²) in [4.78, 5) is 21.8. The van der Waals surface area contributed by atoms with Crippen LogP contribution < -0.4 is 4.74 Å². The van der Waals surface area contributed by atoms with E-state index in [1.54, 1.807) is 6.07 Å². The van der Waals surface area contributed by atoms with Crippen LogP contribution in [0.4, 0.5) is 0 Å². The van der Waals surface area contributed by atoms with Gasteiger partial charge < -0.3 is 9.84 Å². The monoisotopic (exact) mass is 310 g/mol. The van der Waals surface area contributed by atoms with Crippen LogP contribution in [0.15, 0.2) is 18.2 Å². The minimum Gasteiger partial charge on any atom is -0.493 e. The van der Waals surface area contributed by atoms with Crippen molar-refractivity contribution < 1.29 is 19.4 Å². The summed E-state index contributed by atoms with van der Waals surface area (Å²) >= 11 is 1.85. The number of hydrogen-bond acceptors (Lipinski definition) is 4. The van der Waals surface area contributed by atoms with Gasteiger partial charge in [-0.1, -0.05) is 20.8 Å². The van der Waals surface area contributed by atoms with Crippen LogP contribution in [0.3, 0.4) is 0 Å². The third-order valence-corrected chi connectivity index (χ3v) is 5.26. The van der Waals surface area contributed by atoms with E-state index in [0.717, 1.165) is 18.6 Å². The average molecular weight is 310 g/mol. The van der Waals surface area contributed by atoms with Crippen LogP contribution in [0, 0.1) is 0 Å². The van der Waals surface area contributed by atoms with Crippen LogP contribution in [0.2, 0.25) is 0 Å².